The maximum Gasteiger partial charge on any atom is 0.0441 e. The summed E-state index contributed by atoms with van der Waals surface area (Å²) in [6.45, 7) is 0. The molecule has 0 aliphatic heterocycles. The molecule has 2 radical (unpaired) electrons. The molecule has 1 heteroatoms. The number of rotatable bonds is 0. The van der Waals surface area contributed by atoms with Gasteiger partial charge in [-0.3, -0.25) is 4.98 Å². The quantitative estimate of drug-likeness (QED) is 0.509. The Kier molecular flexibility index (Phi) is 1.89. The Morgan fingerprint density at radius 3 is 3.45 bits per heavy atom. The first kappa shape index (κ1) is 6.84. The van der Waals surface area contributed by atoms with Crippen molar-refractivity contribution < 1.29 is 0 Å². The second-order valence-electron chi connectivity index (χ2n) is 2.89. The first-order chi connectivity index (χ1) is 5.47. The molecule has 1 aliphatic rings. The average molecular weight is 145 g/mol. The van der Waals surface area contributed by atoms with E-state index in [1.807, 2.05) is 12.3 Å². The SMILES string of the molecule is [C]1CCCc2cccnc2C1. The second-order valence-corrected chi connectivity index (χ2v) is 2.89. The molecule has 56 valence electrons. The van der Waals surface area contributed by atoms with Crippen molar-refractivity contribution in [3.05, 3.63) is 36.0 Å². The largest absolute Gasteiger partial charge is 0.261 e. The van der Waals surface area contributed by atoms with Gasteiger partial charge in [0.25, 0.3) is 0 Å². The van der Waals surface area contributed by atoms with Crippen molar-refractivity contribution in [1.82, 2.24) is 4.98 Å². The Morgan fingerprint density at radius 2 is 2.45 bits per heavy atom. The minimum Gasteiger partial charge on any atom is -0.261 e. The van der Waals surface area contributed by atoms with Gasteiger partial charge in [0.05, 0.1) is 0 Å². The molecule has 2 rings (SSSR count). The van der Waals surface area contributed by atoms with Gasteiger partial charge in [0.1, 0.15) is 0 Å². The number of pyridine rings is 1. The van der Waals surface area contributed by atoms with Crippen LogP contribution in [0.1, 0.15) is 24.1 Å². The normalized spacial score (nSPS) is 17.1. The van der Waals surface area contributed by atoms with Crippen molar-refractivity contribution in [3.8, 4) is 0 Å². The molecule has 11 heavy (non-hydrogen) atoms. The van der Waals surface area contributed by atoms with Crippen LogP contribution in [0.2, 0.25) is 0 Å². The van der Waals surface area contributed by atoms with Gasteiger partial charge in [-0.1, -0.05) is 6.07 Å². The lowest BCUT2D eigenvalue weighted by Gasteiger charge is -2.00. The van der Waals surface area contributed by atoms with Gasteiger partial charge in [-0.05, 0) is 43.7 Å². The van der Waals surface area contributed by atoms with Crippen molar-refractivity contribution in [2.75, 3.05) is 0 Å². The molecule has 1 aromatic heterocycles. The Balaban J connectivity index is 2.33. The number of aryl methyl sites for hydroxylation is 1. The van der Waals surface area contributed by atoms with Crippen LogP contribution < -0.4 is 0 Å². The third-order valence-electron chi connectivity index (χ3n) is 2.08. The summed E-state index contributed by atoms with van der Waals surface area (Å²) >= 11 is 0. The van der Waals surface area contributed by atoms with Crippen molar-refractivity contribution >= 4 is 0 Å². The van der Waals surface area contributed by atoms with E-state index in [0.717, 1.165) is 12.8 Å². The highest BCUT2D eigenvalue weighted by atomic mass is 14.7. The zero-order valence-electron chi connectivity index (χ0n) is 6.51. The Hall–Kier alpha value is -0.850. The zero-order chi connectivity index (χ0) is 7.52. The van der Waals surface area contributed by atoms with E-state index < -0.39 is 0 Å². The average Bonchev–Trinajstić information content (AvgIpc) is 2.28. The summed E-state index contributed by atoms with van der Waals surface area (Å²) in [6.07, 6.45) is 9.68. The molecule has 1 nitrogen and oxygen atoms in total. The molecule has 1 heterocycles. The maximum absolute atomic E-state index is 4.32. The fourth-order valence-corrected chi connectivity index (χ4v) is 1.47. The molecule has 0 bridgehead atoms. The van der Waals surface area contributed by atoms with Crippen molar-refractivity contribution in [1.29, 1.82) is 0 Å². The third-order valence-corrected chi connectivity index (χ3v) is 2.08. The van der Waals surface area contributed by atoms with Gasteiger partial charge >= 0.3 is 0 Å². The molecule has 0 unspecified atom stereocenters. The summed E-state index contributed by atoms with van der Waals surface area (Å²) in [7, 11) is 0. The monoisotopic (exact) mass is 145 g/mol. The molecule has 0 atom stereocenters. The van der Waals surface area contributed by atoms with E-state index in [0.29, 0.717) is 0 Å². The zero-order valence-corrected chi connectivity index (χ0v) is 6.51. The van der Waals surface area contributed by atoms with Crippen molar-refractivity contribution in [2.24, 2.45) is 0 Å². The molecule has 1 aromatic rings. The minimum absolute atomic E-state index is 0.941. The van der Waals surface area contributed by atoms with Crippen LogP contribution in [0, 0.1) is 6.42 Å². The molecule has 0 fully saturated rings. The molecule has 0 spiro atoms. The van der Waals surface area contributed by atoms with Gasteiger partial charge in [0.15, 0.2) is 0 Å². The van der Waals surface area contributed by atoms with Crippen LogP contribution in [0.5, 0.6) is 0 Å². The maximum atomic E-state index is 4.32. The molecular weight excluding hydrogens is 134 g/mol. The predicted octanol–water partition coefficient (Wildman–Crippen LogP) is 2.04. The van der Waals surface area contributed by atoms with E-state index in [9.17, 15) is 0 Å². The Morgan fingerprint density at radius 1 is 1.45 bits per heavy atom. The first-order valence-corrected chi connectivity index (χ1v) is 4.10. The topological polar surface area (TPSA) is 12.9 Å². The van der Waals surface area contributed by atoms with E-state index in [-0.39, 0.29) is 0 Å². The summed E-state index contributed by atoms with van der Waals surface area (Å²) in [6, 6.07) is 4.19. The molecule has 1 aliphatic carbocycles. The lowest BCUT2D eigenvalue weighted by molar-refractivity contribution is 0.821. The van der Waals surface area contributed by atoms with E-state index in [2.05, 4.69) is 17.5 Å². The first-order valence-electron chi connectivity index (χ1n) is 4.10. The molecular formula is C10H11N. The lowest BCUT2D eigenvalue weighted by Crippen LogP contribution is -1.93. The highest BCUT2D eigenvalue weighted by Crippen LogP contribution is 2.16. The van der Waals surface area contributed by atoms with Crippen molar-refractivity contribution in [2.45, 2.75) is 25.7 Å². The Bertz CT molecular complexity index is 217. The van der Waals surface area contributed by atoms with Gasteiger partial charge in [0.2, 0.25) is 0 Å². The lowest BCUT2D eigenvalue weighted by atomic mass is 10.1. The number of nitrogens with zero attached hydrogens (tertiary/aromatic N) is 1. The van der Waals surface area contributed by atoms with E-state index in [1.165, 1.54) is 24.1 Å². The van der Waals surface area contributed by atoms with Crippen molar-refractivity contribution in [3.63, 3.8) is 0 Å². The number of aromatic nitrogens is 1. The summed E-state index contributed by atoms with van der Waals surface area (Å²) < 4.78 is 0. The van der Waals surface area contributed by atoms with Gasteiger partial charge in [-0.25, -0.2) is 0 Å². The van der Waals surface area contributed by atoms with Crippen LogP contribution in [0.15, 0.2) is 18.3 Å². The number of hydrogen-bond donors (Lipinski definition) is 0. The minimum atomic E-state index is 0.941. The van der Waals surface area contributed by atoms with Gasteiger partial charge in [-0.15, -0.1) is 0 Å². The van der Waals surface area contributed by atoms with Gasteiger partial charge in [0, 0.05) is 11.9 Å². The standard InChI is InChI=1S/C10H11N/c1-2-5-9-6-4-8-11-10(9)7-3-1/h4,6,8H,1-2,5,7H2. The van der Waals surface area contributed by atoms with Crippen LogP contribution >= 0.6 is 0 Å². The van der Waals surface area contributed by atoms with E-state index >= 15 is 0 Å². The second kappa shape index (κ2) is 3.04. The molecule has 0 aromatic carbocycles. The smallest absolute Gasteiger partial charge is 0.0441 e. The van der Waals surface area contributed by atoms with Gasteiger partial charge < -0.3 is 0 Å². The summed E-state index contributed by atoms with van der Waals surface area (Å²) in [5.74, 6) is 0. The molecule has 0 amide bonds. The molecule has 0 saturated carbocycles. The van der Waals surface area contributed by atoms with Crippen LogP contribution in [-0.2, 0) is 12.8 Å². The van der Waals surface area contributed by atoms with Crippen LogP contribution in [0.25, 0.3) is 0 Å². The molecule has 0 N–H and O–H groups in total. The van der Waals surface area contributed by atoms with Gasteiger partial charge in [-0.2, -0.15) is 0 Å². The fraction of sp³-hybridized carbons (Fsp3) is 0.400. The fourth-order valence-electron chi connectivity index (χ4n) is 1.47. The summed E-state index contributed by atoms with van der Waals surface area (Å²) in [5, 5.41) is 0. The summed E-state index contributed by atoms with van der Waals surface area (Å²) in [5.41, 5.74) is 2.64. The highest BCUT2D eigenvalue weighted by Gasteiger charge is 2.07. The predicted molar refractivity (Wildman–Crippen MR) is 44.1 cm³/mol. The number of hydrogen-bond acceptors (Lipinski definition) is 1. The van der Waals surface area contributed by atoms with E-state index in [4.69, 9.17) is 0 Å². The highest BCUT2D eigenvalue weighted by molar-refractivity contribution is 5.22. The summed E-state index contributed by atoms with van der Waals surface area (Å²) in [4.78, 5) is 4.32. The molecule has 0 saturated heterocycles. The Labute approximate surface area is 67.5 Å². The third kappa shape index (κ3) is 1.42. The van der Waals surface area contributed by atoms with E-state index in [1.54, 1.807) is 0 Å². The number of fused-ring (bicyclic) bond motifs is 1. The van der Waals surface area contributed by atoms with Crippen LogP contribution in [0.3, 0.4) is 0 Å². The van der Waals surface area contributed by atoms with Crippen LogP contribution in [0.4, 0.5) is 0 Å². The van der Waals surface area contributed by atoms with Crippen LogP contribution in [-0.4, -0.2) is 4.98 Å².